The molecule has 2 aromatic heterocycles. The highest BCUT2D eigenvalue weighted by atomic mass is 19.1. The molecule has 0 aliphatic heterocycles. The SMILES string of the molecule is COc1ccc(Cn2ccc3nc(C)c(C(=O)Nc4ccc(F)cc4C)cc3c2=O)cc1. The van der Waals surface area contributed by atoms with Crippen molar-refractivity contribution in [2.45, 2.75) is 20.4 Å². The Kier molecular flexibility index (Phi) is 5.73. The predicted octanol–water partition coefficient (Wildman–Crippen LogP) is 4.46. The molecule has 2 aromatic carbocycles. The van der Waals surface area contributed by atoms with E-state index in [4.69, 9.17) is 4.74 Å². The number of hydrogen-bond acceptors (Lipinski definition) is 4. The summed E-state index contributed by atoms with van der Waals surface area (Å²) in [5.41, 5.74) is 3.12. The molecule has 0 aliphatic rings. The molecule has 0 spiro atoms. The first-order chi connectivity index (χ1) is 15.4. The molecule has 4 aromatic rings. The first-order valence-corrected chi connectivity index (χ1v) is 10.1. The van der Waals surface area contributed by atoms with Crippen LogP contribution in [-0.2, 0) is 6.54 Å². The summed E-state index contributed by atoms with van der Waals surface area (Å²) in [4.78, 5) is 30.5. The highest BCUT2D eigenvalue weighted by Gasteiger charge is 2.15. The molecule has 6 nitrogen and oxygen atoms in total. The maximum atomic E-state index is 13.4. The van der Waals surface area contributed by atoms with Gasteiger partial charge >= 0.3 is 0 Å². The van der Waals surface area contributed by atoms with Gasteiger partial charge in [-0.3, -0.25) is 14.6 Å². The second kappa shape index (κ2) is 8.63. The van der Waals surface area contributed by atoms with E-state index in [9.17, 15) is 14.0 Å². The number of methoxy groups -OCH3 is 1. The van der Waals surface area contributed by atoms with Crippen molar-refractivity contribution in [2.75, 3.05) is 12.4 Å². The Balaban J connectivity index is 1.68. The van der Waals surface area contributed by atoms with Crippen LogP contribution in [0.2, 0.25) is 0 Å². The van der Waals surface area contributed by atoms with Crippen molar-refractivity contribution >= 4 is 22.5 Å². The van der Waals surface area contributed by atoms with Gasteiger partial charge in [-0.2, -0.15) is 0 Å². The number of rotatable bonds is 5. The third-order valence-corrected chi connectivity index (χ3v) is 5.34. The largest absolute Gasteiger partial charge is 0.497 e. The highest BCUT2D eigenvalue weighted by Crippen LogP contribution is 2.20. The van der Waals surface area contributed by atoms with Crippen molar-refractivity contribution in [1.82, 2.24) is 9.55 Å². The zero-order chi connectivity index (χ0) is 22.8. The van der Waals surface area contributed by atoms with E-state index in [1.165, 1.54) is 18.2 Å². The quantitative estimate of drug-likeness (QED) is 0.506. The first kappa shape index (κ1) is 21.2. The van der Waals surface area contributed by atoms with Crippen molar-refractivity contribution in [3.63, 3.8) is 0 Å². The van der Waals surface area contributed by atoms with Crippen LogP contribution < -0.4 is 15.6 Å². The summed E-state index contributed by atoms with van der Waals surface area (Å²) in [5, 5.41) is 3.13. The van der Waals surface area contributed by atoms with Gasteiger partial charge in [0.15, 0.2) is 0 Å². The number of aryl methyl sites for hydroxylation is 2. The zero-order valence-electron chi connectivity index (χ0n) is 18.0. The number of halogens is 1. The van der Waals surface area contributed by atoms with Crippen LogP contribution in [0.15, 0.2) is 65.6 Å². The maximum absolute atomic E-state index is 13.4. The molecule has 0 saturated heterocycles. The third-order valence-electron chi connectivity index (χ3n) is 5.34. The maximum Gasteiger partial charge on any atom is 0.260 e. The molecule has 0 aliphatic carbocycles. The van der Waals surface area contributed by atoms with Gasteiger partial charge in [-0.1, -0.05) is 12.1 Å². The minimum Gasteiger partial charge on any atom is -0.497 e. The fraction of sp³-hybridized carbons (Fsp3) is 0.160. The van der Waals surface area contributed by atoms with E-state index in [0.29, 0.717) is 40.0 Å². The number of carbonyl (C=O) groups excluding carboxylic acids is 1. The lowest BCUT2D eigenvalue weighted by atomic mass is 10.1. The summed E-state index contributed by atoms with van der Waals surface area (Å²) in [7, 11) is 1.60. The van der Waals surface area contributed by atoms with Gasteiger partial charge in [-0.05, 0) is 67.4 Å². The molecular formula is C25H22FN3O3. The van der Waals surface area contributed by atoms with E-state index in [0.717, 1.165) is 11.3 Å². The fourth-order valence-electron chi connectivity index (χ4n) is 3.54. The Labute approximate surface area is 184 Å². The number of hydrogen-bond donors (Lipinski definition) is 1. The van der Waals surface area contributed by atoms with Gasteiger partial charge in [-0.15, -0.1) is 0 Å². The molecule has 162 valence electrons. The van der Waals surface area contributed by atoms with Crippen LogP contribution in [0.25, 0.3) is 10.9 Å². The third kappa shape index (κ3) is 4.23. The van der Waals surface area contributed by atoms with Gasteiger partial charge in [-0.25, -0.2) is 4.39 Å². The molecule has 32 heavy (non-hydrogen) atoms. The van der Waals surface area contributed by atoms with Crippen LogP contribution in [-0.4, -0.2) is 22.6 Å². The van der Waals surface area contributed by atoms with Crippen molar-refractivity contribution < 1.29 is 13.9 Å². The molecule has 0 bridgehead atoms. The monoisotopic (exact) mass is 431 g/mol. The highest BCUT2D eigenvalue weighted by molar-refractivity contribution is 6.07. The lowest BCUT2D eigenvalue weighted by Crippen LogP contribution is -2.22. The summed E-state index contributed by atoms with van der Waals surface area (Å²) in [6.07, 6.45) is 1.70. The van der Waals surface area contributed by atoms with Gasteiger partial charge in [0, 0.05) is 11.9 Å². The van der Waals surface area contributed by atoms with E-state index in [-0.39, 0.29) is 11.4 Å². The van der Waals surface area contributed by atoms with Gasteiger partial charge in [0.25, 0.3) is 11.5 Å². The van der Waals surface area contributed by atoms with Crippen molar-refractivity contribution in [3.05, 3.63) is 99.3 Å². The Morgan fingerprint density at radius 3 is 2.53 bits per heavy atom. The van der Waals surface area contributed by atoms with Crippen molar-refractivity contribution in [3.8, 4) is 5.75 Å². The molecule has 1 N–H and O–H groups in total. The summed E-state index contributed by atoms with van der Waals surface area (Å²) >= 11 is 0. The topological polar surface area (TPSA) is 73.2 Å². The minimum atomic E-state index is -0.406. The summed E-state index contributed by atoms with van der Waals surface area (Å²) in [6, 6.07) is 14.9. The number of carbonyl (C=O) groups is 1. The number of benzene rings is 2. The number of aromatic nitrogens is 2. The van der Waals surface area contributed by atoms with Crippen LogP contribution >= 0.6 is 0 Å². The van der Waals surface area contributed by atoms with Crippen molar-refractivity contribution in [1.29, 1.82) is 0 Å². The van der Waals surface area contributed by atoms with E-state index in [2.05, 4.69) is 10.3 Å². The zero-order valence-corrected chi connectivity index (χ0v) is 18.0. The first-order valence-electron chi connectivity index (χ1n) is 10.1. The lowest BCUT2D eigenvalue weighted by molar-refractivity contribution is 0.102. The lowest BCUT2D eigenvalue weighted by Gasteiger charge is -2.12. The predicted molar refractivity (Wildman–Crippen MR) is 122 cm³/mol. The van der Waals surface area contributed by atoms with Crippen LogP contribution in [0.1, 0.15) is 27.2 Å². The van der Waals surface area contributed by atoms with E-state index in [1.807, 2.05) is 24.3 Å². The summed E-state index contributed by atoms with van der Waals surface area (Å²) in [6.45, 7) is 3.81. The van der Waals surface area contributed by atoms with Crippen molar-refractivity contribution in [2.24, 2.45) is 0 Å². The number of anilines is 1. The molecule has 4 rings (SSSR count). The smallest absolute Gasteiger partial charge is 0.260 e. The van der Waals surface area contributed by atoms with Crippen LogP contribution in [0.3, 0.4) is 0 Å². The number of ether oxygens (including phenoxy) is 1. The van der Waals surface area contributed by atoms with Crippen LogP contribution in [0.5, 0.6) is 5.75 Å². The summed E-state index contributed by atoms with van der Waals surface area (Å²) < 4.78 is 20.1. The molecule has 0 fully saturated rings. The second-order valence-corrected chi connectivity index (χ2v) is 7.56. The Hall–Kier alpha value is -4.00. The van der Waals surface area contributed by atoms with E-state index >= 15 is 0 Å². The molecular weight excluding hydrogens is 409 g/mol. The molecule has 0 unspecified atom stereocenters. The fourth-order valence-corrected chi connectivity index (χ4v) is 3.54. The minimum absolute atomic E-state index is 0.238. The second-order valence-electron chi connectivity index (χ2n) is 7.56. The van der Waals surface area contributed by atoms with Gasteiger partial charge in [0.1, 0.15) is 11.6 Å². The molecule has 2 heterocycles. The van der Waals surface area contributed by atoms with Gasteiger partial charge in [0.2, 0.25) is 0 Å². The average Bonchev–Trinajstić information content (AvgIpc) is 2.78. The Bertz CT molecular complexity index is 1380. The molecule has 0 atom stereocenters. The summed E-state index contributed by atoms with van der Waals surface area (Å²) in [5.74, 6) is -0.0376. The Morgan fingerprint density at radius 2 is 1.84 bits per heavy atom. The molecule has 0 radical (unpaired) electrons. The number of pyridine rings is 2. The normalized spacial score (nSPS) is 10.9. The number of amides is 1. The number of nitrogens with one attached hydrogen (secondary N) is 1. The molecule has 0 saturated carbocycles. The molecule has 7 heteroatoms. The Morgan fingerprint density at radius 1 is 1.09 bits per heavy atom. The van der Waals surface area contributed by atoms with E-state index < -0.39 is 5.91 Å². The van der Waals surface area contributed by atoms with Crippen LogP contribution in [0, 0.1) is 19.7 Å². The number of fused-ring (bicyclic) bond motifs is 1. The molecule has 1 amide bonds. The van der Waals surface area contributed by atoms with E-state index in [1.54, 1.807) is 43.9 Å². The average molecular weight is 431 g/mol. The number of nitrogens with zero attached hydrogens (tertiary/aromatic N) is 2. The van der Waals surface area contributed by atoms with Gasteiger partial charge in [0.05, 0.1) is 35.8 Å². The standard InChI is InChI=1S/C25H22FN3O3/c1-15-12-18(26)6-9-22(15)28-24(30)20-13-21-23(27-16(20)2)10-11-29(25(21)31)14-17-4-7-19(32-3)8-5-17/h4-13H,14H2,1-3H3,(H,28,30). The van der Waals surface area contributed by atoms with Gasteiger partial charge < -0.3 is 14.6 Å². The van der Waals surface area contributed by atoms with Crippen LogP contribution in [0.4, 0.5) is 10.1 Å².